The molecule has 4 aromatic rings. The quantitative estimate of drug-likeness (QED) is 0.126. The summed E-state index contributed by atoms with van der Waals surface area (Å²) >= 11 is 0. The second-order valence-corrected chi connectivity index (χ2v) is 11.7. The molecule has 0 aliphatic carbocycles. The summed E-state index contributed by atoms with van der Waals surface area (Å²) in [5.41, 5.74) is 3.87. The zero-order valence-corrected chi connectivity index (χ0v) is 28.1. The first-order valence-corrected chi connectivity index (χ1v) is 15.9. The van der Waals surface area contributed by atoms with Crippen molar-refractivity contribution in [1.29, 1.82) is 0 Å². The van der Waals surface area contributed by atoms with E-state index in [4.69, 9.17) is 14.2 Å². The molecule has 0 aromatic heterocycles. The monoisotopic (exact) mass is 703 g/mol. The summed E-state index contributed by atoms with van der Waals surface area (Å²) in [7, 11) is 2.73. The Labute approximate surface area is 292 Å². The summed E-state index contributed by atoms with van der Waals surface area (Å²) in [5, 5.41) is 5.73. The summed E-state index contributed by atoms with van der Waals surface area (Å²) in [6.07, 6.45) is -3.89. The van der Waals surface area contributed by atoms with Crippen LogP contribution in [0.1, 0.15) is 44.7 Å². The van der Waals surface area contributed by atoms with E-state index in [-0.39, 0.29) is 23.4 Å². The van der Waals surface area contributed by atoms with Crippen LogP contribution >= 0.6 is 0 Å². The molecule has 10 nitrogen and oxygen atoms in total. The van der Waals surface area contributed by atoms with Gasteiger partial charge in [-0.15, -0.1) is 13.2 Å². The minimum absolute atomic E-state index is 0.188. The van der Waals surface area contributed by atoms with E-state index in [1.807, 2.05) is 13.0 Å². The van der Waals surface area contributed by atoms with Gasteiger partial charge in [0.25, 0.3) is 5.91 Å². The fourth-order valence-corrected chi connectivity index (χ4v) is 5.70. The van der Waals surface area contributed by atoms with Crippen LogP contribution in [0.4, 0.5) is 29.3 Å². The summed E-state index contributed by atoms with van der Waals surface area (Å²) in [6.45, 7) is 6.47. The number of aryl methyl sites for hydroxylation is 1. The third-order valence-corrected chi connectivity index (χ3v) is 8.19. The number of benzene rings is 4. The zero-order chi connectivity index (χ0) is 36.7. The predicted octanol–water partition coefficient (Wildman–Crippen LogP) is 8.29. The Hall–Kier alpha value is -5.98. The van der Waals surface area contributed by atoms with Gasteiger partial charge in [0.1, 0.15) is 23.4 Å². The number of alkyl halides is 3. The van der Waals surface area contributed by atoms with Gasteiger partial charge in [-0.1, -0.05) is 36.9 Å². The van der Waals surface area contributed by atoms with E-state index in [0.717, 1.165) is 5.56 Å². The Morgan fingerprint density at radius 3 is 2.16 bits per heavy atom. The molecule has 1 aliphatic rings. The average molecular weight is 704 g/mol. The third-order valence-electron chi connectivity index (χ3n) is 8.19. The van der Waals surface area contributed by atoms with Gasteiger partial charge in [0.15, 0.2) is 0 Å². The number of hydrogen-bond acceptors (Lipinski definition) is 7. The van der Waals surface area contributed by atoms with E-state index in [0.29, 0.717) is 71.1 Å². The lowest BCUT2D eigenvalue weighted by atomic mass is 9.94. The number of amides is 3. The van der Waals surface area contributed by atoms with Gasteiger partial charge < -0.3 is 34.5 Å². The highest BCUT2D eigenvalue weighted by Gasteiger charge is 2.31. The average Bonchev–Trinajstić information content (AvgIpc) is 3.11. The van der Waals surface area contributed by atoms with Crippen LogP contribution in [0.3, 0.4) is 0 Å². The smallest absolute Gasteiger partial charge is 0.497 e. The number of halogens is 3. The van der Waals surface area contributed by atoms with E-state index >= 15 is 0 Å². The van der Waals surface area contributed by atoms with Gasteiger partial charge in [-0.3, -0.25) is 4.79 Å². The molecule has 0 saturated carbocycles. The van der Waals surface area contributed by atoms with E-state index in [1.165, 1.54) is 44.6 Å². The molecule has 2 N–H and O–H groups in total. The molecular formula is C38H36F3N3O7. The van der Waals surface area contributed by atoms with Crippen LogP contribution in [-0.4, -0.2) is 62.6 Å². The largest absolute Gasteiger partial charge is 0.573 e. The highest BCUT2D eigenvalue weighted by Crippen LogP contribution is 2.32. The lowest BCUT2D eigenvalue weighted by molar-refractivity contribution is -0.274. The maximum atomic E-state index is 13.5. The highest BCUT2D eigenvalue weighted by atomic mass is 19.4. The Bertz CT molecular complexity index is 1890. The molecule has 266 valence electrons. The lowest BCUT2D eigenvalue weighted by Crippen LogP contribution is -2.43. The zero-order valence-electron chi connectivity index (χ0n) is 28.1. The van der Waals surface area contributed by atoms with Crippen LogP contribution < -0.4 is 20.1 Å². The number of anilines is 2. The number of hydrogen-bond donors (Lipinski definition) is 2. The molecule has 1 saturated heterocycles. The van der Waals surface area contributed by atoms with Gasteiger partial charge in [0, 0.05) is 54.5 Å². The molecule has 1 heterocycles. The number of carbonyl (C=O) groups is 3. The summed E-state index contributed by atoms with van der Waals surface area (Å²) in [4.78, 5) is 40.4. The molecule has 1 aliphatic heterocycles. The molecule has 51 heavy (non-hydrogen) atoms. The first-order valence-electron chi connectivity index (χ1n) is 15.9. The topological polar surface area (TPSA) is 115 Å². The minimum Gasteiger partial charge on any atom is -0.497 e. The van der Waals surface area contributed by atoms with Crippen molar-refractivity contribution in [2.45, 2.75) is 32.2 Å². The number of urea groups is 1. The normalized spacial score (nSPS) is 13.2. The summed E-state index contributed by atoms with van der Waals surface area (Å²) in [6, 6.07) is 21.9. The maximum Gasteiger partial charge on any atom is 0.573 e. The molecule has 0 radical (unpaired) electrons. The van der Waals surface area contributed by atoms with Gasteiger partial charge in [0.2, 0.25) is 0 Å². The fourth-order valence-electron chi connectivity index (χ4n) is 5.70. The number of ether oxygens (including phenoxy) is 4. The SMILES string of the molecule is C=C(OC)c1cc(NC(=O)N2CCC(Oc3cccc(NC(=O)c4cccc(C)c4-c4ccc(OC(F)(F)F)cc4)c3)CC2)cc(C(=O)OC)c1. The Balaban J connectivity index is 1.19. The van der Waals surface area contributed by atoms with Crippen LogP contribution in [0.25, 0.3) is 16.9 Å². The van der Waals surface area contributed by atoms with Crippen LogP contribution in [0.2, 0.25) is 0 Å². The number of piperidine rings is 1. The minimum atomic E-state index is -4.81. The highest BCUT2D eigenvalue weighted by molar-refractivity contribution is 6.09. The van der Waals surface area contributed by atoms with E-state index in [1.54, 1.807) is 53.4 Å². The van der Waals surface area contributed by atoms with Crippen LogP contribution in [-0.2, 0) is 9.47 Å². The number of carbonyl (C=O) groups excluding carboxylic acids is 3. The molecule has 1 fully saturated rings. The number of methoxy groups -OCH3 is 2. The predicted molar refractivity (Wildman–Crippen MR) is 186 cm³/mol. The molecule has 5 rings (SSSR count). The molecule has 3 amide bonds. The van der Waals surface area contributed by atoms with Crippen LogP contribution in [0.15, 0.2) is 91.5 Å². The molecule has 4 aromatic carbocycles. The number of esters is 1. The summed E-state index contributed by atoms with van der Waals surface area (Å²) < 4.78 is 58.1. The second-order valence-electron chi connectivity index (χ2n) is 11.7. The lowest BCUT2D eigenvalue weighted by Gasteiger charge is -2.32. The standard InChI is InChI=1S/C38H36F3N3O7/c1-23-7-5-10-33(34(23)25-11-13-31(14-12-25)51-38(39,40)41)35(45)42-28-8-6-9-32(22-28)50-30-15-17-44(18-16-30)37(47)43-29-20-26(24(2)48-3)19-27(21-29)36(46)49-4/h5-14,19-22,30H,2,15-18H2,1,3-4H3,(H,42,45)(H,43,47). The molecule has 0 bridgehead atoms. The Morgan fingerprint density at radius 1 is 0.804 bits per heavy atom. The fraction of sp³-hybridized carbons (Fsp3) is 0.237. The van der Waals surface area contributed by atoms with Gasteiger partial charge in [-0.2, -0.15) is 0 Å². The maximum absolute atomic E-state index is 13.5. The number of nitrogens with one attached hydrogen (secondary N) is 2. The number of rotatable bonds is 10. The third kappa shape index (κ3) is 9.38. The molecule has 0 unspecified atom stereocenters. The van der Waals surface area contributed by atoms with Crippen molar-refractivity contribution in [3.63, 3.8) is 0 Å². The first kappa shape index (κ1) is 36.3. The Morgan fingerprint density at radius 2 is 1.49 bits per heavy atom. The van der Waals surface area contributed by atoms with E-state index in [2.05, 4.69) is 21.9 Å². The van der Waals surface area contributed by atoms with Gasteiger partial charge >= 0.3 is 18.4 Å². The Kier molecular flexibility index (Phi) is 11.2. The van der Waals surface area contributed by atoms with Gasteiger partial charge in [0.05, 0.1) is 19.8 Å². The molecule has 13 heteroatoms. The van der Waals surface area contributed by atoms with Crippen molar-refractivity contribution >= 4 is 35.0 Å². The van der Waals surface area contributed by atoms with Crippen molar-refractivity contribution in [3.8, 4) is 22.6 Å². The van der Waals surface area contributed by atoms with Crippen molar-refractivity contribution in [3.05, 3.63) is 114 Å². The second kappa shape index (κ2) is 15.7. The number of likely N-dealkylation sites (tertiary alicyclic amines) is 1. The van der Waals surface area contributed by atoms with Crippen molar-refractivity contribution < 1.29 is 46.5 Å². The molecular weight excluding hydrogens is 667 g/mol. The number of nitrogens with zero attached hydrogens (tertiary/aromatic N) is 1. The van der Waals surface area contributed by atoms with Gasteiger partial charge in [-0.25, -0.2) is 9.59 Å². The summed E-state index contributed by atoms with van der Waals surface area (Å²) in [5.74, 6) is -0.472. The molecule has 0 spiro atoms. The van der Waals surface area contributed by atoms with Crippen LogP contribution in [0.5, 0.6) is 11.5 Å². The molecule has 0 atom stereocenters. The first-order chi connectivity index (χ1) is 24.3. The van der Waals surface area contributed by atoms with Crippen molar-refractivity contribution in [2.75, 3.05) is 37.9 Å². The van der Waals surface area contributed by atoms with Crippen LogP contribution in [0, 0.1) is 6.92 Å². The van der Waals surface area contributed by atoms with E-state index < -0.39 is 18.2 Å². The van der Waals surface area contributed by atoms with E-state index in [9.17, 15) is 27.6 Å². The van der Waals surface area contributed by atoms with Crippen molar-refractivity contribution in [1.82, 2.24) is 4.90 Å². The van der Waals surface area contributed by atoms with Crippen molar-refractivity contribution in [2.24, 2.45) is 0 Å². The van der Waals surface area contributed by atoms with Gasteiger partial charge in [-0.05, 0) is 72.1 Å².